The highest BCUT2D eigenvalue weighted by molar-refractivity contribution is 7.14. The molecule has 3 aromatic rings. The minimum atomic E-state index is -0.462. The van der Waals surface area contributed by atoms with E-state index in [-0.39, 0.29) is 5.82 Å². The van der Waals surface area contributed by atoms with Crippen LogP contribution in [0.5, 0.6) is 11.5 Å². The summed E-state index contributed by atoms with van der Waals surface area (Å²) < 4.78 is 23.5. The number of carbonyl (C=O) groups excluding carboxylic acids is 1. The zero-order chi connectivity index (χ0) is 18.5. The lowest BCUT2D eigenvalue weighted by atomic mass is 10.2. The first-order valence-corrected chi connectivity index (χ1v) is 8.49. The molecule has 0 saturated carbocycles. The number of nitrogens with one attached hydrogen (secondary N) is 2. The van der Waals surface area contributed by atoms with Crippen molar-refractivity contribution < 1.29 is 18.7 Å². The van der Waals surface area contributed by atoms with Crippen LogP contribution < -0.4 is 20.1 Å². The molecule has 2 aromatic carbocycles. The van der Waals surface area contributed by atoms with Crippen LogP contribution in [0.2, 0.25) is 0 Å². The van der Waals surface area contributed by atoms with Gasteiger partial charge in [-0.1, -0.05) is 6.07 Å². The fourth-order valence-corrected chi connectivity index (χ4v) is 3.04. The highest BCUT2D eigenvalue weighted by Gasteiger charge is 2.13. The molecule has 3 rings (SSSR count). The summed E-state index contributed by atoms with van der Waals surface area (Å²) in [6.45, 7) is 0. The normalized spacial score (nSPS) is 10.3. The Kier molecular flexibility index (Phi) is 5.33. The molecule has 1 heterocycles. The number of methoxy groups -OCH3 is 2. The van der Waals surface area contributed by atoms with Crippen LogP contribution in [-0.2, 0) is 0 Å². The SMILES string of the molecule is COc1cccc(NC(=O)Nc2nc(-c3ccc(F)cc3)cs2)c1OC. The Bertz CT molecular complexity index is 912. The lowest BCUT2D eigenvalue weighted by Crippen LogP contribution is -2.19. The van der Waals surface area contributed by atoms with Crippen molar-refractivity contribution in [3.05, 3.63) is 53.7 Å². The van der Waals surface area contributed by atoms with Gasteiger partial charge in [0, 0.05) is 10.9 Å². The van der Waals surface area contributed by atoms with Crippen LogP contribution in [0.15, 0.2) is 47.8 Å². The lowest BCUT2D eigenvalue weighted by Gasteiger charge is -2.13. The Labute approximate surface area is 153 Å². The first-order valence-electron chi connectivity index (χ1n) is 7.61. The number of hydrogen-bond acceptors (Lipinski definition) is 5. The van der Waals surface area contributed by atoms with Crippen LogP contribution in [0, 0.1) is 5.82 Å². The highest BCUT2D eigenvalue weighted by atomic mass is 32.1. The molecule has 2 amide bonds. The molecule has 26 heavy (non-hydrogen) atoms. The van der Waals surface area contributed by atoms with Crippen LogP contribution in [0.25, 0.3) is 11.3 Å². The van der Waals surface area contributed by atoms with Crippen LogP contribution >= 0.6 is 11.3 Å². The van der Waals surface area contributed by atoms with Gasteiger partial charge in [-0.25, -0.2) is 14.2 Å². The number of thiazole rings is 1. The molecule has 0 atom stereocenters. The van der Waals surface area contributed by atoms with Gasteiger partial charge >= 0.3 is 6.03 Å². The molecule has 0 radical (unpaired) electrons. The smallest absolute Gasteiger partial charge is 0.325 e. The number of carbonyl (C=O) groups is 1. The summed E-state index contributed by atoms with van der Waals surface area (Å²) in [6, 6.07) is 10.7. The maximum absolute atomic E-state index is 13.0. The molecule has 0 bridgehead atoms. The maximum Gasteiger partial charge on any atom is 0.325 e. The molecule has 0 unspecified atom stereocenters. The first kappa shape index (κ1) is 17.7. The van der Waals surface area contributed by atoms with Crippen molar-refractivity contribution in [1.82, 2.24) is 4.98 Å². The zero-order valence-electron chi connectivity index (χ0n) is 14.1. The van der Waals surface area contributed by atoms with Crippen molar-refractivity contribution in [1.29, 1.82) is 0 Å². The minimum Gasteiger partial charge on any atom is -0.493 e. The minimum absolute atomic E-state index is 0.311. The highest BCUT2D eigenvalue weighted by Crippen LogP contribution is 2.34. The summed E-state index contributed by atoms with van der Waals surface area (Å²) >= 11 is 1.27. The summed E-state index contributed by atoms with van der Waals surface area (Å²) in [7, 11) is 3.02. The topological polar surface area (TPSA) is 72.5 Å². The van der Waals surface area contributed by atoms with E-state index in [1.807, 2.05) is 0 Å². The predicted molar refractivity (Wildman–Crippen MR) is 99.7 cm³/mol. The Balaban J connectivity index is 1.70. The fraction of sp³-hybridized carbons (Fsp3) is 0.111. The maximum atomic E-state index is 13.0. The van der Waals surface area contributed by atoms with Gasteiger partial charge in [-0.15, -0.1) is 11.3 Å². The molecule has 134 valence electrons. The van der Waals surface area contributed by atoms with E-state index in [9.17, 15) is 9.18 Å². The molecule has 0 aliphatic rings. The third kappa shape index (κ3) is 3.92. The van der Waals surface area contributed by atoms with E-state index in [1.165, 1.54) is 37.7 Å². The Hall–Kier alpha value is -3.13. The van der Waals surface area contributed by atoms with Crippen LogP contribution in [0.3, 0.4) is 0 Å². The van der Waals surface area contributed by atoms with Gasteiger partial charge in [-0.05, 0) is 36.4 Å². The molecule has 6 nitrogen and oxygen atoms in total. The van der Waals surface area contributed by atoms with Gasteiger partial charge in [0.1, 0.15) is 5.82 Å². The molecule has 2 N–H and O–H groups in total. The van der Waals surface area contributed by atoms with Crippen LogP contribution in [-0.4, -0.2) is 25.2 Å². The average molecular weight is 373 g/mol. The van der Waals surface area contributed by atoms with Crippen molar-refractivity contribution in [3.63, 3.8) is 0 Å². The molecular weight excluding hydrogens is 357 g/mol. The second-order valence-corrected chi connectivity index (χ2v) is 6.02. The average Bonchev–Trinajstić information content (AvgIpc) is 3.10. The molecule has 0 spiro atoms. The molecule has 0 saturated heterocycles. The number of hydrogen-bond donors (Lipinski definition) is 2. The van der Waals surface area contributed by atoms with Crippen molar-refractivity contribution in [2.75, 3.05) is 24.9 Å². The van der Waals surface area contributed by atoms with Gasteiger partial charge in [0.15, 0.2) is 16.6 Å². The number of anilines is 2. The largest absolute Gasteiger partial charge is 0.493 e. The van der Waals surface area contributed by atoms with E-state index in [2.05, 4.69) is 15.6 Å². The number of aromatic nitrogens is 1. The molecule has 8 heteroatoms. The van der Waals surface area contributed by atoms with Gasteiger partial charge in [-0.2, -0.15) is 0 Å². The molecule has 0 aliphatic heterocycles. The second-order valence-electron chi connectivity index (χ2n) is 5.16. The van der Waals surface area contributed by atoms with Crippen molar-refractivity contribution >= 4 is 28.2 Å². The van der Waals surface area contributed by atoms with Crippen molar-refractivity contribution in [2.45, 2.75) is 0 Å². The number of para-hydroxylation sites is 1. The quantitative estimate of drug-likeness (QED) is 0.685. The summed E-state index contributed by atoms with van der Waals surface area (Å²) in [5.41, 5.74) is 1.90. The van der Waals surface area contributed by atoms with E-state index in [1.54, 1.807) is 35.7 Å². The summed E-state index contributed by atoms with van der Waals surface area (Å²) in [4.78, 5) is 16.6. The van der Waals surface area contributed by atoms with E-state index in [0.717, 1.165) is 5.56 Å². The van der Waals surface area contributed by atoms with Gasteiger partial charge in [0.25, 0.3) is 0 Å². The molecule has 1 aromatic heterocycles. The number of nitrogens with zero attached hydrogens (tertiary/aromatic N) is 1. The van der Waals surface area contributed by atoms with Gasteiger partial charge < -0.3 is 14.8 Å². The van der Waals surface area contributed by atoms with Gasteiger partial charge in [-0.3, -0.25) is 5.32 Å². The van der Waals surface area contributed by atoms with E-state index < -0.39 is 6.03 Å². The monoisotopic (exact) mass is 373 g/mol. The standard InChI is InChI=1S/C18H16FN3O3S/c1-24-15-5-3-4-13(16(15)25-2)20-17(23)22-18-21-14(10-26-18)11-6-8-12(19)9-7-11/h3-10H,1-2H3,(H2,20,21,22,23). The second kappa shape index (κ2) is 7.83. The molecule has 0 aliphatic carbocycles. The Morgan fingerprint density at radius 2 is 1.85 bits per heavy atom. The number of benzene rings is 2. The molecular formula is C18H16FN3O3S. The third-order valence-electron chi connectivity index (χ3n) is 3.52. The summed E-state index contributed by atoms with van der Waals surface area (Å²) in [5, 5.41) is 7.58. The zero-order valence-corrected chi connectivity index (χ0v) is 14.9. The van der Waals surface area contributed by atoms with Gasteiger partial charge in [0.05, 0.1) is 25.6 Å². The van der Waals surface area contributed by atoms with E-state index in [0.29, 0.717) is 28.0 Å². The number of rotatable bonds is 5. The van der Waals surface area contributed by atoms with Crippen LogP contribution in [0.4, 0.5) is 20.0 Å². The Morgan fingerprint density at radius 1 is 1.08 bits per heavy atom. The number of urea groups is 1. The van der Waals surface area contributed by atoms with E-state index >= 15 is 0 Å². The van der Waals surface area contributed by atoms with Crippen molar-refractivity contribution in [2.24, 2.45) is 0 Å². The Morgan fingerprint density at radius 3 is 2.54 bits per heavy atom. The number of halogens is 1. The predicted octanol–water partition coefficient (Wildman–Crippen LogP) is 4.61. The number of ether oxygens (including phenoxy) is 2. The van der Waals surface area contributed by atoms with Gasteiger partial charge in [0.2, 0.25) is 0 Å². The number of amides is 2. The fourth-order valence-electron chi connectivity index (χ4n) is 2.32. The lowest BCUT2D eigenvalue weighted by molar-refractivity contribution is 0.262. The third-order valence-corrected chi connectivity index (χ3v) is 4.27. The van der Waals surface area contributed by atoms with Crippen molar-refractivity contribution in [3.8, 4) is 22.8 Å². The summed E-state index contributed by atoms with van der Waals surface area (Å²) in [5.74, 6) is 0.628. The van der Waals surface area contributed by atoms with E-state index in [4.69, 9.17) is 9.47 Å². The summed E-state index contributed by atoms with van der Waals surface area (Å²) in [6.07, 6.45) is 0. The first-order chi connectivity index (χ1) is 12.6. The van der Waals surface area contributed by atoms with Crippen LogP contribution in [0.1, 0.15) is 0 Å². The molecule has 0 fully saturated rings.